The molecule has 0 N–H and O–H groups in total. The van der Waals surface area contributed by atoms with E-state index in [1.165, 1.54) is 38.2 Å². The van der Waals surface area contributed by atoms with Crippen LogP contribution < -0.4 is 0 Å². The monoisotopic (exact) mass is 386 g/mol. The van der Waals surface area contributed by atoms with Crippen LogP contribution in [0.2, 0.25) is 0 Å². The van der Waals surface area contributed by atoms with E-state index in [4.69, 9.17) is 0 Å². The minimum absolute atomic E-state index is 0.250. The number of benzene rings is 2. The quantitative estimate of drug-likeness (QED) is 0.555. The second-order valence-corrected chi connectivity index (χ2v) is 8.64. The molecule has 4 heteroatoms. The summed E-state index contributed by atoms with van der Waals surface area (Å²) in [7, 11) is 1.16. The zero-order valence-electron chi connectivity index (χ0n) is 16.6. The van der Waals surface area contributed by atoms with Gasteiger partial charge in [0.25, 0.3) is 0 Å². The SMILES string of the molecule is CCC1CC[C@@H]2CC(c3ccc4cc(C(=O)OC)c(F)c(F)c4c3)CC[C@H]2C1. The molecule has 4 atom stereocenters. The Morgan fingerprint density at radius 3 is 2.54 bits per heavy atom. The largest absolute Gasteiger partial charge is 0.465 e. The summed E-state index contributed by atoms with van der Waals surface area (Å²) in [6, 6.07) is 6.99. The fraction of sp³-hybridized carbons (Fsp3) is 0.542. The summed E-state index contributed by atoms with van der Waals surface area (Å²) in [6.07, 6.45) is 8.79. The summed E-state index contributed by atoms with van der Waals surface area (Å²) < 4.78 is 33.6. The zero-order chi connectivity index (χ0) is 19.8. The van der Waals surface area contributed by atoms with Gasteiger partial charge in [0.05, 0.1) is 12.7 Å². The Hall–Kier alpha value is -1.97. The number of methoxy groups -OCH3 is 1. The number of hydrogen-bond donors (Lipinski definition) is 0. The number of rotatable bonds is 3. The molecule has 0 aliphatic heterocycles. The van der Waals surface area contributed by atoms with Crippen molar-refractivity contribution in [3.8, 4) is 0 Å². The highest BCUT2D eigenvalue weighted by atomic mass is 19.2. The van der Waals surface area contributed by atoms with E-state index in [9.17, 15) is 13.6 Å². The molecule has 2 fully saturated rings. The highest BCUT2D eigenvalue weighted by Gasteiger charge is 2.35. The molecule has 2 aliphatic carbocycles. The average molecular weight is 386 g/mol. The Morgan fingerprint density at radius 1 is 1.04 bits per heavy atom. The van der Waals surface area contributed by atoms with E-state index < -0.39 is 17.6 Å². The summed E-state index contributed by atoms with van der Waals surface area (Å²) in [5.74, 6) is -0.0442. The first-order valence-electron chi connectivity index (χ1n) is 10.5. The van der Waals surface area contributed by atoms with Crippen LogP contribution in [-0.4, -0.2) is 13.1 Å². The molecule has 2 nitrogen and oxygen atoms in total. The number of carbonyl (C=O) groups excluding carboxylic acids is 1. The van der Waals surface area contributed by atoms with E-state index in [2.05, 4.69) is 11.7 Å². The first-order chi connectivity index (χ1) is 13.5. The molecule has 0 saturated heterocycles. The van der Waals surface area contributed by atoms with Crippen molar-refractivity contribution in [3.05, 3.63) is 47.0 Å². The van der Waals surface area contributed by atoms with Crippen LogP contribution in [0.25, 0.3) is 10.8 Å². The molecule has 0 spiro atoms. The molecule has 2 aromatic rings. The number of carbonyl (C=O) groups is 1. The zero-order valence-corrected chi connectivity index (χ0v) is 16.6. The molecule has 150 valence electrons. The minimum Gasteiger partial charge on any atom is -0.465 e. The maximum atomic E-state index is 14.7. The lowest BCUT2D eigenvalue weighted by atomic mass is 9.63. The third-order valence-electron chi connectivity index (χ3n) is 7.22. The lowest BCUT2D eigenvalue weighted by Crippen LogP contribution is -2.30. The van der Waals surface area contributed by atoms with Crippen molar-refractivity contribution in [2.75, 3.05) is 7.11 Å². The van der Waals surface area contributed by atoms with Gasteiger partial charge in [-0.15, -0.1) is 0 Å². The van der Waals surface area contributed by atoms with Crippen LogP contribution in [0.4, 0.5) is 8.78 Å². The van der Waals surface area contributed by atoms with Crippen molar-refractivity contribution in [2.45, 2.75) is 57.8 Å². The fourth-order valence-corrected chi connectivity index (χ4v) is 5.52. The normalized spacial score (nSPS) is 27.4. The Balaban J connectivity index is 1.60. The summed E-state index contributed by atoms with van der Waals surface area (Å²) in [5, 5.41) is 0.777. The van der Waals surface area contributed by atoms with Crippen molar-refractivity contribution < 1.29 is 18.3 Å². The Kier molecular flexibility index (Phi) is 5.39. The third kappa shape index (κ3) is 3.42. The van der Waals surface area contributed by atoms with Crippen LogP contribution in [0.3, 0.4) is 0 Å². The summed E-state index contributed by atoms with van der Waals surface area (Å²) in [4.78, 5) is 11.7. The summed E-state index contributed by atoms with van der Waals surface area (Å²) >= 11 is 0. The number of fused-ring (bicyclic) bond motifs is 2. The van der Waals surface area contributed by atoms with E-state index in [1.54, 1.807) is 12.1 Å². The Bertz CT molecular complexity index is 892. The van der Waals surface area contributed by atoms with Gasteiger partial charge in [-0.25, -0.2) is 13.6 Å². The molecule has 0 radical (unpaired) electrons. The molecule has 0 heterocycles. The number of esters is 1. The van der Waals surface area contributed by atoms with E-state index >= 15 is 0 Å². The molecule has 2 aromatic carbocycles. The molecule has 4 rings (SSSR count). The number of halogens is 2. The predicted molar refractivity (Wildman–Crippen MR) is 106 cm³/mol. The smallest absolute Gasteiger partial charge is 0.340 e. The second kappa shape index (κ2) is 7.81. The molecule has 0 amide bonds. The third-order valence-corrected chi connectivity index (χ3v) is 7.22. The van der Waals surface area contributed by atoms with Gasteiger partial charge in [0.1, 0.15) is 0 Å². The van der Waals surface area contributed by atoms with Gasteiger partial charge >= 0.3 is 5.97 Å². The van der Waals surface area contributed by atoms with E-state index in [0.29, 0.717) is 11.3 Å². The lowest BCUT2D eigenvalue weighted by Gasteiger charge is -2.42. The van der Waals surface area contributed by atoms with Gasteiger partial charge in [-0.2, -0.15) is 0 Å². The summed E-state index contributed by atoms with van der Waals surface area (Å²) in [6.45, 7) is 2.30. The van der Waals surface area contributed by atoms with Crippen molar-refractivity contribution in [3.63, 3.8) is 0 Å². The molecule has 2 saturated carbocycles. The molecule has 0 aromatic heterocycles. The highest BCUT2D eigenvalue weighted by Crippen LogP contribution is 2.48. The molecule has 28 heavy (non-hydrogen) atoms. The maximum absolute atomic E-state index is 14.7. The predicted octanol–water partition coefficient (Wildman–Crippen LogP) is 6.61. The maximum Gasteiger partial charge on any atom is 0.340 e. The van der Waals surface area contributed by atoms with E-state index in [-0.39, 0.29) is 10.9 Å². The highest BCUT2D eigenvalue weighted by molar-refractivity contribution is 5.96. The van der Waals surface area contributed by atoms with Crippen LogP contribution >= 0.6 is 0 Å². The minimum atomic E-state index is -1.13. The van der Waals surface area contributed by atoms with Gasteiger partial charge in [0, 0.05) is 5.39 Å². The summed E-state index contributed by atoms with van der Waals surface area (Å²) in [5.41, 5.74) is 0.737. The molecule has 0 bridgehead atoms. The van der Waals surface area contributed by atoms with Gasteiger partial charge in [-0.05, 0) is 78.9 Å². The van der Waals surface area contributed by atoms with E-state index in [1.807, 2.05) is 6.07 Å². The molecule has 2 unspecified atom stereocenters. The Labute approximate surface area is 165 Å². The molecule has 2 aliphatic rings. The first kappa shape index (κ1) is 19.4. The standard InChI is InChI=1S/C24H28F2O2/c1-3-14-4-5-16-11-17(7-6-15(16)10-14)18-8-9-19-13-21(24(27)28-2)23(26)22(25)20(19)12-18/h8-9,12-17H,3-7,10-11H2,1-2H3/t14?,15-,16+,17?/m0/s1. The second-order valence-electron chi connectivity index (χ2n) is 8.64. The van der Waals surface area contributed by atoms with E-state index in [0.717, 1.165) is 43.3 Å². The van der Waals surface area contributed by atoms with Gasteiger partial charge < -0.3 is 4.74 Å². The van der Waals surface area contributed by atoms with Gasteiger partial charge in [0.15, 0.2) is 11.6 Å². The Morgan fingerprint density at radius 2 is 1.79 bits per heavy atom. The number of ether oxygens (including phenoxy) is 1. The lowest BCUT2D eigenvalue weighted by molar-refractivity contribution is 0.0594. The van der Waals surface area contributed by atoms with Crippen LogP contribution in [0, 0.1) is 29.4 Å². The molecular weight excluding hydrogens is 358 g/mol. The van der Waals surface area contributed by atoms with Crippen molar-refractivity contribution in [2.24, 2.45) is 17.8 Å². The van der Waals surface area contributed by atoms with Crippen LogP contribution in [0.5, 0.6) is 0 Å². The van der Waals surface area contributed by atoms with Crippen molar-refractivity contribution >= 4 is 16.7 Å². The van der Waals surface area contributed by atoms with Crippen LogP contribution in [0.15, 0.2) is 24.3 Å². The van der Waals surface area contributed by atoms with Crippen molar-refractivity contribution in [1.29, 1.82) is 0 Å². The van der Waals surface area contributed by atoms with Crippen LogP contribution in [-0.2, 0) is 4.74 Å². The van der Waals surface area contributed by atoms with Gasteiger partial charge in [-0.1, -0.05) is 31.9 Å². The van der Waals surface area contributed by atoms with Gasteiger partial charge in [-0.3, -0.25) is 0 Å². The topological polar surface area (TPSA) is 26.3 Å². The van der Waals surface area contributed by atoms with Crippen LogP contribution in [0.1, 0.15) is 73.7 Å². The van der Waals surface area contributed by atoms with Crippen molar-refractivity contribution in [1.82, 2.24) is 0 Å². The molecular formula is C24H28F2O2. The number of hydrogen-bond acceptors (Lipinski definition) is 2. The fourth-order valence-electron chi connectivity index (χ4n) is 5.52. The average Bonchev–Trinajstić information content (AvgIpc) is 2.74. The first-order valence-corrected chi connectivity index (χ1v) is 10.5. The van der Waals surface area contributed by atoms with Gasteiger partial charge in [0.2, 0.25) is 0 Å².